The molecule has 1 aliphatic rings. The van der Waals surface area contributed by atoms with E-state index in [9.17, 15) is 0 Å². The van der Waals surface area contributed by atoms with Gasteiger partial charge >= 0.3 is 0 Å². The summed E-state index contributed by atoms with van der Waals surface area (Å²) < 4.78 is 5.35. The van der Waals surface area contributed by atoms with Gasteiger partial charge in [0.25, 0.3) is 0 Å². The predicted molar refractivity (Wildman–Crippen MR) is 82.7 cm³/mol. The summed E-state index contributed by atoms with van der Waals surface area (Å²) in [5.74, 6) is 0. The molecule has 0 aromatic carbocycles. The minimum Gasteiger partial charge on any atom is -0.382 e. The molecule has 0 spiro atoms. The summed E-state index contributed by atoms with van der Waals surface area (Å²) in [4.78, 5) is 2.70. The molecule has 0 radical (unpaired) electrons. The van der Waals surface area contributed by atoms with E-state index in [1.165, 1.54) is 38.6 Å². The SMILES string of the molecule is CCOCCCNCC(C)N(CC)C1CCCCC1. The topological polar surface area (TPSA) is 24.5 Å². The lowest BCUT2D eigenvalue weighted by atomic mass is 9.93. The fraction of sp³-hybridized carbons (Fsp3) is 1.00. The molecule has 0 saturated heterocycles. The molecular formula is C16H34N2O. The van der Waals surface area contributed by atoms with Crippen molar-refractivity contribution in [2.24, 2.45) is 0 Å². The van der Waals surface area contributed by atoms with E-state index in [2.05, 4.69) is 31.0 Å². The Hall–Kier alpha value is -0.120. The van der Waals surface area contributed by atoms with E-state index < -0.39 is 0 Å². The summed E-state index contributed by atoms with van der Waals surface area (Å²) in [5, 5.41) is 3.58. The third-order valence-electron chi connectivity index (χ3n) is 4.26. The van der Waals surface area contributed by atoms with Crippen molar-refractivity contribution >= 4 is 0 Å². The van der Waals surface area contributed by atoms with Gasteiger partial charge in [0.15, 0.2) is 0 Å². The number of hydrogen-bond donors (Lipinski definition) is 1. The molecule has 1 N–H and O–H groups in total. The average molecular weight is 270 g/mol. The van der Waals surface area contributed by atoms with E-state index in [0.717, 1.165) is 38.8 Å². The van der Waals surface area contributed by atoms with Gasteiger partial charge in [-0.15, -0.1) is 0 Å². The molecule has 1 unspecified atom stereocenters. The molecule has 114 valence electrons. The number of ether oxygens (including phenoxy) is 1. The van der Waals surface area contributed by atoms with Crippen LogP contribution in [0.15, 0.2) is 0 Å². The van der Waals surface area contributed by atoms with Crippen molar-refractivity contribution < 1.29 is 4.74 Å². The van der Waals surface area contributed by atoms with Crippen LogP contribution in [0.2, 0.25) is 0 Å². The van der Waals surface area contributed by atoms with Crippen molar-refractivity contribution in [2.75, 3.05) is 32.8 Å². The molecule has 3 heteroatoms. The van der Waals surface area contributed by atoms with E-state index >= 15 is 0 Å². The molecule has 0 aromatic rings. The lowest BCUT2D eigenvalue weighted by Crippen LogP contribution is -2.47. The zero-order valence-corrected chi connectivity index (χ0v) is 13.3. The first-order chi connectivity index (χ1) is 9.29. The van der Waals surface area contributed by atoms with Crippen molar-refractivity contribution in [2.45, 2.75) is 71.4 Å². The van der Waals surface area contributed by atoms with E-state index in [1.807, 2.05) is 0 Å². The van der Waals surface area contributed by atoms with Gasteiger partial charge in [-0.05, 0) is 46.2 Å². The minimum atomic E-state index is 0.653. The number of likely N-dealkylation sites (N-methyl/N-ethyl adjacent to an activating group) is 1. The average Bonchev–Trinajstić information content (AvgIpc) is 2.45. The number of rotatable bonds is 10. The highest BCUT2D eigenvalue weighted by atomic mass is 16.5. The lowest BCUT2D eigenvalue weighted by molar-refractivity contribution is 0.116. The molecule has 1 aliphatic carbocycles. The predicted octanol–water partition coefficient (Wildman–Crippen LogP) is 3.05. The third kappa shape index (κ3) is 6.73. The van der Waals surface area contributed by atoms with Gasteiger partial charge in [-0.2, -0.15) is 0 Å². The Balaban J connectivity index is 2.15. The molecule has 19 heavy (non-hydrogen) atoms. The molecular weight excluding hydrogens is 236 g/mol. The summed E-state index contributed by atoms with van der Waals surface area (Å²) in [6.07, 6.45) is 8.23. The zero-order chi connectivity index (χ0) is 13.9. The van der Waals surface area contributed by atoms with Gasteiger partial charge in [0, 0.05) is 31.8 Å². The van der Waals surface area contributed by atoms with Gasteiger partial charge in [-0.1, -0.05) is 26.2 Å². The van der Waals surface area contributed by atoms with Crippen LogP contribution >= 0.6 is 0 Å². The van der Waals surface area contributed by atoms with Crippen LogP contribution in [0.4, 0.5) is 0 Å². The summed E-state index contributed by atoms with van der Waals surface area (Å²) in [5.41, 5.74) is 0. The highest BCUT2D eigenvalue weighted by Crippen LogP contribution is 2.23. The Bertz CT molecular complexity index is 205. The maximum Gasteiger partial charge on any atom is 0.0477 e. The molecule has 0 bridgehead atoms. The van der Waals surface area contributed by atoms with Crippen LogP contribution in [0.5, 0.6) is 0 Å². The molecule has 0 amide bonds. The summed E-state index contributed by atoms with van der Waals surface area (Å²) in [7, 11) is 0. The standard InChI is InChI=1S/C16H34N2O/c1-4-18(16-10-7-6-8-11-16)15(3)14-17-12-9-13-19-5-2/h15-17H,4-14H2,1-3H3. The quantitative estimate of drug-likeness (QED) is 0.618. The van der Waals surface area contributed by atoms with Crippen LogP contribution in [0.3, 0.4) is 0 Å². The largest absolute Gasteiger partial charge is 0.382 e. The van der Waals surface area contributed by atoms with Crippen LogP contribution in [-0.2, 0) is 4.74 Å². The molecule has 1 fully saturated rings. The molecule has 3 nitrogen and oxygen atoms in total. The van der Waals surface area contributed by atoms with E-state index in [1.54, 1.807) is 0 Å². The Morgan fingerprint density at radius 3 is 2.58 bits per heavy atom. The highest BCUT2D eigenvalue weighted by molar-refractivity contribution is 4.80. The van der Waals surface area contributed by atoms with Crippen LogP contribution in [0.1, 0.15) is 59.3 Å². The molecule has 0 heterocycles. The Kier molecular flexibility index (Phi) is 9.48. The van der Waals surface area contributed by atoms with Crippen molar-refractivity contribution in [3.63, 3.8) is 0 Å². The summed E-state index contributed by atoms with van der Waals surface area (Å²) >= 11 is 0. The summed E-state index contributed by atoms with van der Waals surface area (Å²) in [6.45, 7) is 11.8. The molecule has 1 saturated carbocycles. The monoisotopic (exact) mass is 270 g/mol. The Morgan fingerprint density at radius 2 is 1.95 bits per heavy atom. The van der Waals surface area contributed by atoms with Crippen molar-refractivity contribution in [3.8, 4) is 0 Å². The van der Waals surface area contributed by atoms with E-state index in [-0.39, 0.29) is 0 Å². The van der Waals surface area contributed by atoms with Gasteiger partial charge in [0.05, 0.1) is 0 Å². The number of hydrogen-bond acceptors (Lipinski definition) is 3. The smallest absolute Gasteiger partial charge is 0.0477 e. The van der Waals surface area contributed by atoms with Gasteiger partial charge in [0.2, 0.25) is 0 Å². The van der Waals surface area contributed by atoms with Crippen LogP contribution < -0.4 is 5.32 Å². The Labute approximate surface area is 120 Å². The van der Waals surface area contributed by atoms with E-state index in [0.29, 0.717) is 6.04 Å². The maximum absolute atomic E-state index is 5.35. The normalized spacial score (nSPS) is 18.9. The van der Waals surface area contributed by atoms with Crippen LogP contribution in [0.25, 0.3) is 0 Å². The van der Waals surface area contributed by atoms with Gasteiger partial charge < -0.3 is 10.1 Å². The van der Waals surface area contributed by atoms with Crippen LogP contribution in [0, 0.1) is 0 Å². The first kappa shape index (κ1) is 16.9. The fourth-order valence-corrected chi connectivity index (χ4v) is 3.21. The maximum atomic E-state index is 5.35. The van der Waals surface area contributed by atoms with E-state index in [4.69, 9.17) is 4.74 Å². The fourth-order valence-electron chi connectivity index (χ4n) is 3.21. The van der Waals surface area contributed by atoms with Gasteiger partial charge in [-0.3, -0.25) is 4.90 Å². The highest BCUT2D eigenvalue weighted by Gasteiger charge is 2.23. The van der Waals surface area contributed by atoms with Gasteiger partial charge in [0.1, 0.15) is 0 Å². The number of nitrogens with zero attached hydrogens (tertiary/aromatic N) is 1. The second-order valence-corrected chi connectivity index (χ2v) is 5.73. The molecule has 0 aliphatic heterocycles. The van der Waals surface area contributed by atoms with Crippen molar-refractivity contribution in [1.82, 2.24) is 10.2 Å². The molecule has 1 atom stereocenters. The third-order valence-corrected chi connectivity index (χ3v) is 4.26. The van der Waals surface area contributed by atoms with Crippen LogP contribution in [-0.4, -0.2) is 49.8 Å². The second-order valence-electron chi connectivity index (χ2n) is 5.73. The zero-order valence-electron chi connectivity index (χ0n) is 13.3. The Morgan fingerprint density at radius 1 is 1.21 bits per heavy atom. The molecule has 0 aromatic heterocycles. The van der Waals surface area contributed by atoms with Crippen molar-refractivity contribution in [3.05, 3.63) is 0 Å². The number of nitrogens with one attached hydrogen (secondary N) is 1. The second kappa shape index (κ2) is 10.6. The molecule has 1 rings (SSSR count). The minimum absolute atomic E-state index is 0.653. The first-order valence-corrected chi connectivity index (χ1v) is 8.33. The lowest BCUT2D eigenvalue weighted by Gasteiger charge is -2.38. The van der Waals surface area contributed by atoms with Crippen molar-refractivity contribution in [1.29, 1.82) is 0 Å². The first-order valence-electron chi connectivity index (χ1n) is 8.33. The summed E-state index contributed by atoms with van der Waals surface area (Å²) in [6, 6.07) is 1.49. The van der Waals surface area contributed by atoms with Gasteiger partial charge in [-0.25, -0.2) is 0 Å².